The predicted molar refractivity (Wildman–Crippen MR) is 158 cm³/mol. The molecular formula is C34H16N2O6. The van der Waals surface area contributed by atoms with Gasteiger partial charge >= 0.3 is 0 Å². The van der Waals surface area contributed by atoms with Crippen LogP contribution in [0, 0.1) is 20.2 Å². The van der Waals surface area contributed by atoms with Gasteiger partial charge in [-0.1, -0.05) is 60.7 Å². The molecule has 0 N–H and O–H groups in total. The van der Waals surface area contributed by atoms with Gasteiger partial charge in [0.2, 0.25) is 0 Å². The highest BCUT2D eigenvalue weighted by molar-refractivity contribution is 6.30. The van der Waals surface area contributed by atoms with Gasteiger partial charge in [0.15, 0.2) is 11.6 Å². The first kappa shape index (κ1) is 23.8. The van der Waals surface area contributed by atoms with Crippen LogP contribution in [0.2, 0.25) is 0 Å². The van der Waals surface area contributed by atoms with Crippen molar-refractivity contribution in [2.75, 3.05) is 0 Å². The molecule has 0 amide bonds. The van der Waals surface area contributed by atoms with Crippen molar-refractivity contribution in [1.82, 2.24) is 0 Å². The minimum atomic E-state index is -0.505. The second-order valence-corrected chi connectivity index (χ2v) is 10.4. The van der Waals surface area contributed by atoms with Crippen molar-refractivity contribution in [2.24, 2.45) is 0 Å². The summed E-state index contributed by atoms with van der Waals surface area (Å²) >= 11 is 0. The highest BCUT2D eigenvalue weighted by Crippen LogP contribution is 2.47. The van der Waals surface area contributed by atoms with Crippen molar-refractivity contribution in [1.29, 1.82) is 0 Å². The number of hydrogen-bond donors (Lipinski definition) is 0. The summed E-state index contributed by atoms with van der Waals surface area (Å²) in [6.45, 7) is 0. The van der Waals surface area contributed by atoms with Gasteiger partial charge in [-0.05, 0) is 56.3 Å². The molecule has 42 heavy (non-hydrogen) atoms. The number of nitro benzene ring substituents is 2. The van der Waals surface area contributed by atoms with Gasteiger partial charge in [-0.15, -0.1) is 0 Å². The molecule has 0 bridgehead atoms. The van der Waals surface area contributed by atoms with Gasteiger partial charge in [-0.3, -0.25) is 29.8 Å². The third-order valence-electron chi connectivity index (χ3n) is 8.36. The summed E-state index contributed by atoms with van der Waals surface area (Å²) in [6.07, 6.45) is 0. The van der Waals surface area contributed by atoms with E-state index >= 15 is 0 Å². The Morgan fingerprint density at radius 2 is 0.786 bits per heavy atom. The number of fused-ring (bicyclic) bond motifs is 4. The Kier molecular flexibility index (Phi) is 4.68. The molecule has 198 valence electrons. The van der Waals surface area contributed by atoms with Crippen molar-refractivity contribution in [3.05, 3.63) is 140 Å². The van der Waals surface area contributed by atoms with E-state index < -0.39 is 9.85 Å². The molecular weight excluding hydrogens is 532 g/mol. The maximum absolute atomic E-state index is 13.6. The first-order valence-corrected chi connectivity index (χ1v) is 13.1. The van der Waals surface area contributed by atoms with E-state index in [4.69, 9.17) is 0 Å². The van der Waals surface area contributed by atoms with Gasteiger partial charge in [0.1, 0.15) is 0 Å². The fraction of sp³-hybridized carbons (Fsp3) is 0. The lowest BCUT2D eigenvalue weighted by molar-refractivity contribution is -0.385. The molecule has 0 saturated heterocycles. The van der Waals surface area contributed by atoms with Crippen molar-refractivity contribution < 1.29 is 19.4 Å². The maximum atomic E-state index is 13.6. The number of nitro groups is 2. The summed E-state index contributed by atoms with van der Waals surface area (Å²) in [7, 11) is 0. The molecule has 0 saturated carbocycles. The molecule has 0 radical (unpaired) electrons. The van der Waals surface area contributed by atoms with Crippen LogP contribution in [0.5, 0.6) is 0 Å². The number of nitrogens with zero attached hydrogens (tertiary/aromatic N) is 2. The minimum absolute atomic E-state index is 0.135. The van der Waals surface area contributed by atoms with E-state index in [2.05, 4.69) is 0 Å². The Hall–Kier alpha value is -6.02. The van der Waals surface area contributed by atoms with Gasteiger partial charge in [-0.25, -0.2) is 0 Å². The average Bonchev–Trinajstić information content (AvgIpc) is 3.01. The summed E-state index contributed by atoms with van der Waals surface area (Å²) in [5.74, 6) is -0.533. The van der Waals surface area contributed by atoms with E-state index in [0.29, 0.717) is 33.4 Å². The van der Waals surface area contributed by atoms with Crippen LogP contribution >= 0.6 is 0 Å². The monoisotopic (exact) mass is 548 g/mol. The second-order valence-electron chi connectivity index (χ2n) is 10.4. The Morgan fingerprint density at radius 3 is 1.19 bits per heavy atom. The first-order chi connectivity index (χ1) is 20.3. The highest BCUT2D eigenvalue weighted by Gasteiger charge is 2.30. The lowest BCUT2D eigenvalue weighted by Gasteiger charge is -2.23. The van der Waals surface area contributed by atoms with Crippen LogP contribution in [0.1, 0.15) is 31.8 Å². The smallest absolute Gasteiger partial charge is 0.270 e. The van der Waals surface area contributed by atoms with E-state index in [1.165, 1.54) is 24.3 Å². The van der Waals surface area contributed by atoms with Crippen LogP contribution in [0.3, 0.4) is 0 Å². The molecule has 2 aliphatic carbocycles. The van der Waals surface area contributed by atoms with Crippen LogP contribution in [-0.4, -0.2) is 21.4 Å². The van der Waals surface area contributed by atoms with Crippen molar-refractivity contribution in [2.45, 2.75) is 0 Å². The largest absolute Gasteiger partial charge is 0.289 e. The molecule has 8 rings (SSSR count). The van der Waals surface area contributed by atoms with Crippen LogP contribution in [0.4, 0.5) is 11.4 Å². The number of hydrogen-bond acceptors (Lipinski definition) is 6. The summed E-state index contributed by atoms with van der Waals surface area (Å²) in [6, 6.07) is 27.6. The number of ketones is 2. The summed E-state index contributed by atoms with van der Waals surface area (Å²) in [5.41, 5.74) is 5.97. The lowest BCUT2D eigenvalue weighted by Crippen LogP contribution is -2.11. The molecule has 0 unspecified atom stereocenters. The summed E-state index contributed by atoms with van der Waals surface area (Å²) < 4.78 is 0. The van der Waals surface area contributed by atoms with E-state index in [1.54, 1.807) is 24.3 Å². The average molecular weight is 549 g/mol. The van der Waals surface area contributed by atoms with Crippen molar-refractivity contribution >= 4 is 44.5 Å². The Bertz CT molecular complexity index is 2140. The molecule has 0 heterocycles. The van der Waals surface area contributed by atoms with Gasteiger partial charge in [0.05, 0.1) is 9.85 Å². The number of carbonyl (C=O) groups is 2. The lowest BCUT2D eigenvalue weighted by atomic mass is 9.78. The fourth-order valence-corrected chi connectivity index (χ4v) is 6.54. The van der Waals surface area contributed by atoms with E-state index in [9.17, 15) is 29.8 Å². The van der Waals surface area contributed by atoms with Crippen LogP contribution < -0.4 is 0 Å². The van der Waals surface area contributed by atoms with Gasteiger partial charge < -0.3 is 0 Å². The minimum Gasteiger partial charge on any atom is -0.289 e. The molecule has 0 aliphatic heterocycles. The molecule has 6 aromatic carbocycles. The second kappa shape index (κ2) is 8.25. The molecule has 8 heteroatoms. The highest BCUT2D eigenvalue weighted by atomic mass is 16.6. The molecule has 0 atom stereocenters. The predicted octanol–water partition coefficient (Wildman–Crippen LogP) is 7.90. The van der Waals surface area contributed by atoms with Crippen molar-refractivity contribution in [3.63, 3.8) is 0 Å². The molecule has 0 spiro atoms. The Balaban J connectivity index is 1.39. The molecule has 0 aromatic heterocycles. The van der Waals surface area contributed by atoms with Crippen LogP contribution in [0.15, 0.2) is 97.1 Å². The maximum Gasteiger partial charge on any atom is 0.270 e. The molecule has 2 aliphatic rings. The third-order valence-corrected chi connectivity index (χ3v) is 8.36. The van der Waals surface area contributed by atoms with Crippen molar-refractivity contribution in [3.8, 4) is 33.4 Å². The molecule has 8 nitrogen and oxygen atoms in total. The van der Waals surface area contributed by atoms with Gasteiger partial charge in [-0.2, -0.15) is 0 Å². The standard InChI is InChI=1S/C34H16N2O6/c37-33-27-5-1-3-23-19(11-13-25(31(23)27)21-9-7-17(35(39)40)15-29(21)33)20-12-14-26-22-10-8-18(36(41)42)16-30(22)34(38)28-6-2-4-24(20)32(26)28/h1-16H. The zero-order chi connectivity index (χ0) is 28.9. The quantitative estimate of drug-likeness (QED) is 0.163. The SMILES string of the molecule is O=C1c2cc([N+](=O)[O-])ccc2-c2ccc(-c3ccc4c5c(cccc35)C(=O)c3cc([N+](=O)[O-])ccc3-4)c3cccc1c23. The molecule has 0 fully saturated rings. The summed E-state index contributed by atoms with van der Waals surface area (Å²) in [4.78, 5) is 48.9. The van der Waals surface area contributed by atoms with E-state index in [0.717, 1.165) is 43.8 Å². The molecule has 6 aromatic rings. The van der Waals surface area contributed by atoms with Crippen LogP contribution in [-0.2, 0) is 0 Å². The van der Waals surface area contributed by atoms with E-state index in [-0.39, 0.29) is 22.9 Å². The number of rotatable bonds is 3. The number of benzene rings is 6. The zero-order valence-corrected chi connectivity index (χ0v) is 21.6. The first-order valence-electron chi connectivity index (χ1n) is 13.1. The third kappa shape index (κ3) is 3.06. The fourth-order valence-electron chi connectivity index (χ4n) is 6.54. The van der Waals surface area contributed by atoms with Gasteiger partial charge in [0.25, 0.3) is 11.4 Å². The normalized spacial score (nSPS) is 12.8. The zero-order valence-electron chi connectivity index (χ0n) is 21.6. The number of non-ortho nitro benzene ring substituents is 2. The van der Waals surface area contributed by atoms with Gasteiger partial charge in [0, 0.05) is 57.3 Å². The number of carbonyl (C=O) groups excluding carboxylic acids is 2. The topological polar surface area (TPSA) is 120 Å². The Morgan fingerprint density at radius 1 is 0.405 bits per heavy atom. The van der Waals surface area contributed by atoms with Crippen LogP contribution in [0.25, 0.3) is 54.9 Å². The Labute approximate surface area is 236 Å². The summed E-state index contributed by atoms with van der Waals surface area (Å²) in [5, 5.41) is 26.0. The van der Waals surface area contributed by atoms with E-state index in [1.807, 2.05) is 48.5 Å².